The van der Waals surface area contributed by atoms with Gasteiger partial charge in [0.15, 0.2) is 5.78 Å². The standard InChI is InChI=1S/C19H32O3/c1-4-5-6-7-9-19(3,22)10-8-14-15-11-13(2)18(21)16(15)12-17(14)20/h14-17,20,22H,2,4-12H2,1,3H3/t14-,15-,16-,17+,19?/m0/s1. The molecule has 2 aliphatic rings. The number of Topliss-reactive ketones (excluding diaryl/α,β-unsaturated/α-hetero) is 1. The lowest BCUT2D eigenvalue weighted by molar-refractivity contribution is -0.118. The summed E-state index contributed by atoms with van der Waals surface area (Å²) in [5.74, 6) is 0.557. The van der Waals surface area contributed by atoms with E-state index in [9.17, 15) is 15.0 Å². The van der Waals surface area contributed by atoms with Crippen LogP contribution in [-0.4, -0.2) is 27.7 Å². The topological polar surface area (TPSA) is 57.5 Å². The summed E-state index contributed by atoms with van der Waals surface area (Å²) >= 11 is 0. The molecule has 0 amide bonds. The average molecular weight is 308 g/mol. The van der Waals surface area contributed by atoms with Crippen molar-refractivity contribution in [2.24, 2.45) is 17.8 Å². The molecule has 3 nitrogen and oxygen atoms in total. The van der Waals surface area contributed by atoms with Gasteiger partial charge in [-0.05, 0) is 56.4 Å². The Labute approximate surface area is 134 Å². The van der Waals surface area contributed by atoms with Gasteiger partial charge < -0.3 is 10.2 Å². The first kappa shape index (κ1) is 17.7. The van der Waals surface area contributed by atoms with Crippen molar-refractivity contribution < 1.29 is 15.0 Å². The minimum absolute atomic E-state index is 0.0120. The van der Waals surface area contributed by atoms with Crippen LogP contribution in [-0.2, 0) is 4.79 Å². The zero-order chi connectivity index (χ0) is 16.3. The van der Waals surface area contributed by atoms with E-state index in [-0.39, 0.29) is 29.6 Å². The van der Waals surface area contributed by atoms with Gasteiger partial charge in [0.25, 0.3) is 0 Å². The van der Waals surface area contributed by atoms with Crippen LogP contribution < -0.4 is 0 Å². The molecule has 0 heterocycles. The molecule has 0 bridgehead atoms. The number of allylic oxidation sites excluding steroid dienone is 1. The lowest BCUT2D eigenvalue weighted by Gasteiger charge is -2.28. The average Bonchev–Trinajstić information content (AvgIpc) is 2.90. The normalized spacial score (nSPS) is 34.0. The summed E-state index contributed by atoms with van der Waals surface area (Å²) in [6.07, 6.45) is 7.97. The van der Waals surface area contributed by atoms with Gasteiger partial charge in [0.1, 0.15) is 0 Å². The van der Waals surface area contributed by atoms with Crippen molar-refractivity contribution >= 4 is 5.78 Å². The highest BCUT2D eigenvalue weighted by Crippen LogP contribution is 2.49. The first-order valence-electron chi connectivity index (χ1n) is 8.98. The van der Waals surface area contributed by atoms with Gasteiger partial charge in [0.2, 0.25) is 0 Å². The molecular formula is C19H32O3. The second-order valence-corrected chi connectivity index (χ2v) is 7.76. The van der Waals surface area contributed by atoms with Crippen molar-refractivity contribution in [2.45, 2.75) is 83.3 Å². The second-order valence-electron chi connectivity index (χ2n) is 7.76. The van der Waals surface area contributed by atoms with Crippen LogP contribution in [0, 0.1) is 17.8 Å². The molecule has 1 unspecified atom stereocenters. The van der Waals surface area contributed by atoms with Crippen molar-refractivity contribution in [3.63, 3.8) is 0 Å². The Balaban J connectivity index is 1.83. The molecule has 22 heavy (non-hydrogen) atoms. The van der Waals surface area contributed by atoms with Gasteiger partial charge in [-0.15, -0.1) is 0 Å². The molecule has 5 atom stereocenters. The van der Waals surface area contributed by atoms with E-state index in [2.05, 4.69) is 13.5 Å². The van der Waals surface area contributed by atoms with Crippen LogP contribution >= 0.6 is 0 Å². The Morgan fingerprint density at radius 3 is 2.68 bits per heavy atom. The Hall–Kier alpha value is -0.670. The molecule has 0 aromatic carbocycles. The number of unbranched alkanes of at least 4 members (excludes halogenated alkanes) is 3. The number of rotatable bonds is 8. The summed E-state index contributed by atoms with van der Waals surface area (Å²) in [7, 11) is 0. The molecule has 2 saturated carbocycles. The van der Waals surface area contributed by atoms with Crippen LogP contribution in [0.1, 0.15) is 71.6 Å². The van der Waals surface area contributed by atoms with Crippen LogP contribution in [0.4, 0.5) is 0 Å². The monoisotopic (exact) mass is 308 g/mol. The van der Waals surface area contributed by atoms with Gasteiger partial charge in [-0.3, -0.25) is 4.79 Å². The third-order valence-corrected chi connectivity index (χ3v) is 5.81. The Bertz CT molecular complexity index is 413. The first-order chi connectivity index (χ1) is 10.4. The lowest BCUT2D eigenvalue weighted by atomic mass is 9.83. The number of hydrogen-bond acceptors (Lipinski definition) is 3. The van der Waals surface area contributed by atoms with E-state index < -0.39 is 5.60 Å². The fourth-order valence-electron chi connectivity index (χ4n) is 4.38. The number of aliphatic hydroxyl groups excluding tert-OH is 1. The minimum Gasteiger partial charge on any atom is -0.393 e. The van der Waals surface area contributed by atoms with E-state index in [4.69, 9.17) is 0 Å². The highest BCUT2D eigenvalue weighted by atomic mass is 16.3. The summed E-state index contributed by atoms with van der Waals surface area (Å²) < 4.78 is 0. The number of hydrogen-bond donors (Lipinski definition) is 2. The van der Waals surface area contributed by atoms with Gasteiger partial charge >= 0.3 is 0 Å². The van der Waals surface area contributed by atoms with E-state index in [0.717, 1.165) is 31.3 Å². The fraction of sp³-hybridized carbons (Fsp3) is 0.842. The number of carbonyl (C=O) groups is 1. The maximum absolute atomic E-state index is 12.0. The smallest absolute Gasteiger partial charge is 0.161 e. The van der Waals surface area contributed by atoms with Crippen LogP contribution in [0.5, 0.6) is 0 Å². The molecule has 0 aliphatic heterocycles. The molecule has 0 spiro atoms. The largest absolute Gasteiger partial charge is 0.393 e. The van der Waals surface area contributed by atoms with Crippen molar-refractivity contribution in [2.75, 3.05) is 0 Å². The SMILES string of the molecule is C=C1C[C@H]2[C@H](CCC(C)(O)CCCCCC)[C@H](O)C[C@@H]2C1=O. The van der Waals surface area contributed by atoms with E-state index in [0.29, 0.717) is 12.8 Å². The Kier molecular flexibility index (Phi) is 5.84. The van der Waals surface area contributed by atoms with Crippen molar-refractivity contribution in [3.05, 3.63) is 12.2 Å². The summed E-state index contributed by atoms with van der Waals surface area (Å²) in [5, 5.41) is 20.8. The number of aliphatic hydroxyl groups is 2. The maximum Gasteiger partial charge on any atom is 0.161 e. The predicted octanol–water partition coefficient (Wildman–Crippen LogP) is 3.63. The molecule has 2 fully saturated rings. The van der Waals surface area contributed by atoms with Crippen molar-refractivity contribution in [1.82, 2.24) is 0 Å². The third kappa shape index (κ3) is 3.99. The van der Waals surface area contributed by atoms with Crippen LogP contribution in [0.2, 0.25) is 0 Å². The fourth-order valence-corrected chi connectivity index (χ4v) is 4.38. The van der Waals surface area contributed by atoms with Gasteiger partial charge in [-0.2, -0.15) is 0 Å². The molecule has 2 rings (SSSR count). The van der Waals surface area contributed by atoms with E-state index in [1.54, 1.807) is 0 Å². The lowest BCUT2D eigenvalue weighted by Crippen LogP contribution is -2.28. The molecule has 3 heteroatoms. The molecule has 2 aliphatic carbocycles. The van der Waals surface area contributed by atoms with E-state index in [1.165, 1.54) is 19.3 Å². The highest BCUT2D eigenvalue weighted by Gasteiger charge is 2.50. The van der Waals surface area contributed by atoms with Gasteiger partial charge in [0.05, 0.1) is 11.7 Å². The first-order valence-corrected chi connectivity index (χ1v) is 8.98. The summed E-state index contributed by atoms with van der Waals surface area (Å²) in [5.41, 5.74) is 0.0868. The molecule has 0 saturated heterocycles. The van der Waals surface area contributed by atoms with Crippen LogP contribution in [0.3, 0.4) is 0 Å². The third-order valence-electron chi connectivity index (χ3n) is 5.81. The molecule has 0 radical (unpaired) electrons. The number of carbonyl (C=O) groups excluding carboxylic acids is 1. The second kappa shape index (κ2) is 7.27. The van der Waals surface area contributed by atoms with Gasteiger partial charge in [0, 0.05) is 5.92 Å². The van der Waals surface area contributed by atoms with Crippen molar-refractivity contribution in [3.8, 4) is 0 Å². The highest BCUT2D eigenvalue weighted by molar-refractivity contribution is 5.99. The molecule has 0 aromatic heterocycles. The maximum atomic E-state index is 12.0. The minimum atomic E-state index is -0.648. The summed E-state index contributed by atoms with van der Waals surface area (Å²) in [6, 6.07) is 0. The van der Waals surface area contributed by atoms with Gasteiger partial charge in [-0.1, -0.05) is 39.2 Å². The number of ketones is 1. The van der Waals surface area contributed by atoms with E-state index >= 15 is 0 Å². The molecular weight excluding hydrogens is 276 g/mol. The van der Waals surface area contributed by atoms with E-state index in [1.807, 2.05) is 6.92 Å². The Morgan fingerprint density at radius 2 is 2.00 bits per heavy atom. The van der Waals surface area contributed by atoms with Crippen LogP contribution in [0.15, 0.2) is 12.2 Å². The van der Waals surface area contributed by atoms with Gasteiger partial charge in [-0.25, -0.2) is 0 Å². The quantitative estimate of drug-likeness (QED) is 0.532. The molecule has 126 valence electrons. The summed E-state index contributed by atoms with van der Waals surface area (Å²) in [4.78, 5) is 12.0. The van der Waals surface area contributed by atoms with Crippen molar-refractivity contribution in [1.29, 1.82) is 0 Å². The zero-order valence-electron chi connectivity index (χ0n) is 14.2. The molecule has 2 N–H and O–H groups in total. The summed E-state index contributed by atoms with van der Waals surface area (Å²) in [6.45, 7) is 7.96. The Morgan fingerprint density at radius 1 is 1.27 bits per heavy atom. The number of fused-ring (bicyclic) bond motifs is 1. The van der Waals surface area contributed by atoms with Crippen LogP contribution in [0.25, 0.3) is 0 Å². The predicted molar refractivity (Wildman–Crippen MR) is 88.5 cm³/mol. The zero-order valence-corrected chi connectivity index (χ0v) is 14.2. The molecule has 0 aromatic rings.